The van der Waals surface area contributed by atoms with Crippen LogP contribution in [0.15, 0.2) is 81.8 Å². The standard InChI is InChI=1S/C31H29BrClFN4OS/c1-18-13-19(2)17-37(16-18)26-9-7-21(15-23(26)33)38-30(29(36-31(38)40)25-5-3-4-12-35-25)28-11-10-27(39-28)22-8-6-20(32)14-24(22)34/h3-12,14-15,18-19,29-30H,13,16-17H2,1-2H3,(H,36,40)/t18-,19+,29-,30+/m0/s1. The quantitative estimate of drug-likeness (QED) is 0.221. The van der Waals surface area contributed by atoms with Crippen LogP contribution in [0.2, 0.25) is 5.02 Å². The molecule has 9 heteroatoms. The molecule has 2 saturated heterocycles. The normalized spacial score (nSPS) is 23.0. The molecule has 4 aromatic rings. The van der Waals surface area contributed by atoms with Crippen LogP contribution in [0.4, 0.5) is 15.8 Å². The first-order chi connectivity index (χ1) is 19.3. The third-order valence-corrected chi connectivity index (χ3v) is 8.74. The summed E-state index contributed by atoms with van der Waals surface area (Å²) < 4.78 is 21.8. The Balaban J connectivity index is 1.39. The number of benzene rings is 2. The van der Waals surface area contributed by atoms with Crippen LogP contribution in [0.3, 0.4) is 0 Å². The van der Waals surface area contributed by atoms with Gasteiger partial charge in [0.05, 0.1) is 28.0 Å². The van der Waals surface area contributed by atoms with Crippen molar-refractivity contribution in [2.24, 2.45) is 11.8 Å². The molecule has 2 aliphatic heterocycles. The maximum atomic E-state index is 14.8. The molecule has 0 radical (unpaired) electrons. The lowest BCUT2D eigenvalue weighted by atomic mass is 9.91. The van der Waals surface area contributed by atoms with Crippen molar-refractivity contribution >= 4 is 56.2 Å². The van der Waals surface area contributed by atoms with Crippen LogP contribution in [0.25, 0.3) is 11.3 Å². The number of rotatable bonds is 5. The molecule has 0 aliphatic carbocycles. The highest BCUT2D eigenvalue weighted by atomic mass is 79.9. The van der Waals surface area contributed by atoms with Gasteiger partial charge in [0.25, 0.3) is 0 Å². The van der Waals surface area contributed by atoms with Gasteiger partial charge in [-0.2, -0.15) is 0 Å². The number of thiocarbonyl (C=S) groups is 1. The molecule has 4 heterocycles. The van der Waals surface area contributed by atoms with Crippen molar-refractivity contribution in [3.05, 3.63) is 99.7 Å². The Labute approximate surface area is 252 Å². The summed E-state index contributed by atoms with van der Waals surface area (Å²) in [6, 6.07) is 19.9. The Morgan fingerprint density at radius 2 is 1.85 bits per heavy atom. The van der Waals surface area contributed by atoms with E-state index in [4.69, 9.17) is 28.2 Å². The van der Waals surface area contributed by atoms with Gasteiger partial charge < -0.3 is 19.5 Å². The Morgan fingerprint density at radius 3 is 2.55 bits per heavy atom. The SMILES string of the molecule is C[C@@H]1C[C@H](C)CN(c2ccc(N3C(=S)N[C@@H](c4ccccn4)[C@H]3c3ccc(-c4ccc(Br)cc4F)o3)cc2Cl)C1. The van der Waals surface area contributed by atoms with Crippen LogP contribution in [0.5, 0.6) is 0 Å². The highest BCUT2D eigenvalue weighted by Gasteiger charge is 2.43. The van der Waals surface area contributed by atoms with Crippen molar-refractivity contribution < 1.29 is 8.81 Å². The monoisotopic (exact) mass is 638 g/mol. The minimum absolute atomic E-state index is 0.287. The van der Waals surface area contributed by atoms with E-state index in [1.165, 1.54) is 12.5 Å². The van der Waals surface area contributed by atoms with Crippen molar-refractivity contribution in [1.82, 2.24) is 10.3 Å². The van der Waals surface area contributed by atoms with E-state index in [0.29, 0.717) is 43.5 Å². The lowest BCUT2D eigenvalue weighted by Gasteiger charge is -2.37. The second-order valence-electron chi connectivity index (χ2n) is 10.8. The van der Waals surface area contributed by atoms with Gasteiger partial charge in [0, 0.05) is 29.4 Å². The number of anilines is 2. The van der Waals surface area contributed by atoms with Gasteiger partial charge in [-0.25, -0.2) is 4.39 Å². The second kappa shape index (κ2) is 11.1. The van der Waals surface area contributed by atoms with E-state index in [9.17, 15) is 4.39 Å². The number of nitrogens with one attached hydrogen (secondary N) is 1. The number of nitrogens with zero attached hydrogens (tertiary/aromatic N) is 3. The largest absolute Gasteiger partial charge is 0.459 e. The van der Waals surface area contributed by atoms with Gasteiger partial charge in [-0.15, -0.1) is 0 Å². The van der Waals surface area contributed by atoms with Crippen LogP contribution in [0.1, 0.15) is 43.8 Å². The maximum Gasteiger partial charge on any atom is 0.174 e. The maximum absolute atomic E-state index is 14.8. The van der Waals surface area contributed by atoms with Crippen LogP contribution in [-0.2, 0) is 0 Å². The fourth-order valence-electron chi connectivity index (χ4n) is 6.03. The summed E-state index contributed by atoms with van der Waals surface area (Å²) in [4.78, 5) is 9.01. The van der Waals surface area contributed by atoms with E-state index < -0.39 is 0 Å². The van der Waals surface area contributed by atoms with Crippen molar-refractivity contribution in [3.8, 4) is 11.3 Å². The van der Waals surface area contributed by atoms with E-state index >= 15 is 0 Å². The average Bonchev–Trinajstić information content (AvgIpc) is 3.53. The Kier molecular flexibility index (Phi) is 7.59. The molecule has 2 aromatic carbocycles. The lowest BCUT2D eigenvalue weighted by molar-refractivity contribution is 0.357. The summed E-state index contributed by atoms with van der Waals surface area (Å²) in [5, 5.41) is 4.66. The first-order valence-corrected chi connectivity index (χ1v) is 15.0. The first-order valence-electron chi connectivity index (χ1n) is 13.4. The molecule has 5 nitrogen and oxygen atoms in total. The number of hydrogen-bond acceptors (Lipinski definition) is 4. The zero-order valence-electron chi connectivity index (χ0n) is 22.2. The molecule has 1 N–H and O–H groups in total. The molecule has 2 aliphatic rings. The van der Waals surface area contributed by atoms with Crippen LogP contribution in [0, 0.1) is 17.7 Å². The van der Waals surface area contributed by atoms with Crippen molar-refractivity contribution in [3.63, 3.8) is 0 Å². The minimum atomic E-state index is -0.369. The third kappa shape index (κ3) is 5.24. The highest BCUT2D eigenvalue weighted by Crippen LogP contribution is 2.45. The topological polar surface area (TPSA) is 44.5 Å². The number of pyridine rings is 1. The summed E-state index contributed by atoms with van der Waals surface area (Å²) >= 11 is 16.1. The zero-order valence-corrected chi connectivity index (χ0v) is 25.3. The Morgan fingerprint density at radius 1 is 1.05 bits per heavy atom. The molecule has 0 amide bonds. The molecule has 0 spiro atoms. The molecule has 6 rings (SSSR count). The van der Waals surface area contributed by atoms with Crippen LogP contribution < -0.4 is 15.1 Å². The summed E-state index contributed by atoms with van der Waals surface area (Å²) in [6.07, 6.45) is 2.99. The highest BCUT2D eigenvalue weighted by molar-refractivity contribution is 9.10. The smallest absolute Gasteiger partial charge is 0.174 e. The second-order valence-corrected chi connectivity index (χ2v) is 12.5. The molecule has 40 heavy (non-hydrogen) atoms. The number of furan rings is 1. The zero-order chi connectivity index (χ0) is 28.0. The van der Waals surface area contributed by atoms with Gasteiger partial charge in [-0.05, 0) is 91.1 Å². The summed E-state index contributed by atoms with van der Waals surface area (Å²) in [6.45, 7) is 6.55. The molecule has 2 aromatic heterocycles. The fraction of sp³-hybridized carbons (Fsp3) is 0.290. The third-order valence-electron chi connectivity index (χ3n) is 7.63. The van der Waals surface area contributed by atoms with Crippen molar-refractivity contribution in [2.45, 2.75) is 32.4 Å². The Hall–Kier alpha value is -2.94. The summed E-state index contributed by atoms with van der Waals surface area (Å²) in [5.74, 6) is 1.94. The predicted octanol–water partition coefficient (Wildman–Crippen LogP) is 8.56. The van der Waals surface area contributed by atoms with E-state index in [0.717, 1.165) is 30.2 Å². The molecular formula is C31H29BrClFN4OS. The van der Waals surface area contributed by atoms with Gasteiger partial charge in [0.1, 0.15) is 23.4 Å². The van der Waals surface area contributed by atoms with E-state index in [1.807, 2.05) is 35.2 Å². The van der Waals surface area contributed by atoms with Crippen molar-refractivity contribution in [2.75, 3.05) is 22.9 Å². The predicted molar refractivity (Wildman–Crippen MR) is 166 cm³/mol. The summed E-state index contributed by atoms with van der Waals surface area (Å²) in [7, 11) is 0. The summed E-state index contributed by atoms with van der Waals surface area (Å²) in [5.41, 5.74) is 3.09. The molecule has 0 unspecified atom stereocenters. The molecule has 2 fully saturated rings. The fourth-order valence-corrected chi connectivity index (χ4v) is 7.00. The number of aromatic nitrogens is 1. The van der Waals surface area contributed by atoms with E-state index in [-0.39, 0.29) is 17.9 Å². The molecule has 4 atom stereocenters. The first kappa shape index (κ1) is 27.2. The van der Waals surface area contributed by atoms with Crippen LogP contribution in [-0.4, -0.2) is 23.2 Å². The van der Waals surface area contributed by atoms with Crippen LogP contribution >= 0.6 is 39.7 Å². The molecule has 206 valence electrons. The minimum Gasteiger partial charge on any atom is -0.459 e. The van der Waals surface area contributed by atoms with Gasteiger partial charge in [0.15, 0.2) is 5.11 Å². The van der Waals surface area contributed by atoms with E-state index in [1.54, 1.807) is 24.4 Å². The number of halogens is 3. The van der Waals surface area contributed by atoms with Gasteiger partial charge in [0.2, 0.25) is 0 Å². The Bertz CT molecular complexity index is 1540. The van der Waals surface area contributed by atoms with Gasteiger partial charge >= 0.3 is 0 Å². The molecule has 0 saturated carbocycles. The van der Waals surface area contributed by atoms with Crippen molar-refractivity contribution in [1.29, 1.82) is 0 Å². The number of piperidine rings is 1. The van der Waals surface area contributed by atoms with Gasteiger partial charge in [-0.3, -0.25) is 4.98 Å². The van der Waals surface area contributed by atoms with E-state index in [2.05, 4.69) is 57.1 Å². The lowest BCUT2D eigenvalue weighted by Crippen LogP contribution is -2.38. The average molecular weight is 640 g/mol. The molecule has 0 bridgehead atoms. The van der Waals surface area contributed by atoms with Gasteiger partial charge in [-0.1, -0.05) is 47.4 Å². The molecular weight excluding hydrogens is 611 g/mol. The number of hydrogen-bond donors (Lipinski definition) is 1.